The van der Waals surface area contributed by atoms with Gasteiger partial charge in [-0.3, -0.25) is 15.6 Å². The molecule has 2 N–H and O–H groups in total. The monoisotopic (exact) mass is 388 g/mol. The molecule has 2 aromatic carbocycles. The second kappa shape index (κ2) is 7.83. The fourth-order valence-electron chi connectivity index (χ4n) is 2.07. The summed E-state index contributed by atoms with van der Waals surface area (Å²) in [5.41, 5.74) is 6.72. The molecule has 0 aliphatic carbocycles. The number of carbonyl (C=O) groups excluding carboxylic acids is 1. The first-order valence-electron chi connectivity index (χ1n) is 6.81. The summed E-state index contributed by atoms with van der Waals surface area (Å²) in [4.78, 5) is 12.4. The fourth-order valence-corrected chi connectivity index (χ4v) is 2.98. The first-order chi connectivity index (χ1) is 11.4. The molecule has 1 amide bonds. The van der Waals surface area contributed by atoms with E-state index in [1.54, 1.807) is 12.1 Å². The lowest BCUT2D eigenvalue weighted by atomic mass is 10.1. The zero-order chi connectivity index (χ0) is 17.9. The van der Waals surface area contributed by atoms with Crippen LogP contribution in [0.4, 0.5) is 5.69 Å². The molecule has 0 saturated carbocycles. The van der Waals surface area contributed by atoms with Gasteiger partial charge in [0.1, 0.15) is 11.5 Å². The van der Waals surface area contributed by atoms with Crippen LogP contribution in [-0.4, -0.2) is 20.1 Å². The molecule has 0 aromatic heterocycles. The predicted molar refractivity (Wildman–Crippen MR) is 96.8 cm³/mol. The summed E-state index contributed by atoms with van der Waals surface area (Å²) in [6.45, 7) is 1.84. The number of nitrogens with one attached hydrogen (secondary N) is 2. The van der Waals surface area contributed by atoms with E-state index >= 15 is 0 Å². The van der Waals surface area contributed by atoms with Gasteiger partial charge < -0.3 is 9.47 Å². The van der Waals surface area contributed by atoms with Gasteiger partial charge in [0, 0.05) is 16.1 Å². The van der Waals surface area contributed by atoms with E-state index in [9.17, 15) is 4.79 Å². The highest BCUT2D eigenvalue weighted by atomic mass is 35.5. The number of methoxy groups -OCH3 is 2. The average Bonchev–Trinajstić information content (AvgIpc) is 2.53. The van der Waals surface area contributed by atoms with E-state index in [4.69, 9.17) is 44.3 Å². The van der Waals surface area contributed by atoms with Gasteiger partial charge in [0.25, 0.3) is 5.91 Å². The molecular weight excluding hydrogens is 375 g/mol. The molecule has 128 valence electrons. The smallest absolute Gasteiger partial charge is 0.269 e. The van der Waals surface area contributed by atoms with Gasteiger partial charge in [-0.2, -0.15) is 0 Å². The Morgan fingerprint density at radius 1 is 0.958 bits per heavy atom. The van der Waals surface area contributed by atoms with E-state index in [-0.39, 0.29) is 10.0 Å². The molecule has 0 saturated heterocycles. The minimum Gasteiger partial charge on any atom is -0.496 e. The Balaban J connectivity index is 2.22. The van der Waals surface area contributed by atoms with Crippen LogP contribution in [0.5, 0.6) is 11.5 Å². The van der Waals surface area contributed by atoms with Crippen molar-refractivity contribution in [1.29, 1.82) is 0 Å². The lowest BCUT2D eigenvalue weighted by Crippen LogP contribution is -2.29. The zero-order valence-electron chi connectivity index (χ0n) is 13.2. The number of anilines is 1. The van der Waals surface area contributed by atoms with Gasteiger partial charge in [-0.1, -0.05) is 34.8 Å². The van der Waals surface area contributed by atoms with Gasteiger partial charge in [0.2, 0.25) is 0 Å². The van der Waals surface area contributed by atoms with Crippen molar-refractivity contribution in [3.05, 3.63) is 50.5 Å². The van der Waals surface area contributed by atoms with Crippen molar-refractivity contribution < 1.29 is 14.3 Å². The quantitative estimate of drug-likeness (QED) is 0.726. The first kappa shape index (κ1) is 18.5. The lowest BCUT2D eigenvalue weighted by Gasteiger charge is -2.14. The Morgan fingerprint density at radius 2 is 1.46 bits per heavy atom. The van der Waals surface area contributed by atoms with Crippen molar-refractivity contribution in [3.63, 3.8) is 0 Å². The molecule has 0 aliphatic heterocycles. The van der Waals surface area contributed by atoms with Gasteiger partial charge in [-0.25, -0.2) is 0 Å². The number of ether oxygens (including phenoxy) is 2. The number of rotatable bonds is 5. The Morgan fingerprint density at radius 3 is 1.92 bits per heavy atom. The number of carbonyl (C=O) groups is 1. The van der Waals surface area contributed by atoms with Crippen molar-refractivity contribution in [1.82, 2.24) is 5.43 Å². The lowest BCUT2D eigenvalue weighted by molar-refractivity contribution is 0.0962. The number of benzene rings is 2. The van der Waals surface area contributed by atoms with Crippen LogP contribution in [0.15, 0.2) is 24.3 Å². The fraction of sp³-hybridized carbons (Fsp3) is 0.188. The molecule has 8 heteroatoms. The van der Waals surface area contributed by atoms with E-state index in [2.05, 4.69) is 10.9 Å². The van der Waals surface area contributed by atoms with E-state index in [1.165, 1.54) is 26.4 Å². The summed E-state index contributed by atoms with van der Waals surface area (Å²) in [7, 11) is 3.05. The molecule has 0 bridgehead atoms. The summed E-state index contributed by atoms with van der Waals surface area (Å²) in [6.07, 6.45) is 0. The molecule has 0 heterocycles. The van der Waals surface area contributed by atoms with Gasteiger partial charge >= 0.3 is 0 Å². The first-order valence-corrected chi connectivity index (χ1v) is 7.94. The number of hydrogen-bond acceptors (Lipinski definition) is 4. The summed E-state index contributed by atoms with van der Waals surface area (Å²) in [5, 5.41) is 0.966. The average molecular weight is 390 g/mol. The predicted octanol–water partition coefficient (Wildman–Crippen LogP) is 4.73. The molecular formula is C16H15Cl3N2O3. The molecule has 24 heavy (non-hydrogen) atoms. The largest absolute Gasteiger partial charge is 0.496 e. The maximum absolute atomic E-state index is 12.4. The summed E-state index contributed by atoms with van der Waals surface area (Å²) in [6, 6.07) is 6.25. The SMILES string of the molecule is COc1cc(C(=O)NNc2c(Cl)cc(Cl)cc2Cl)cc(OC)c1C. The van der Waals surface area contributed by atoms with Crippen molar-refractivity contribution in [3.8, 4) is 11.5 Å². The van der Waals surface area contributed by atoms with Crippen molar-refractivity contribution in [2.45, 2.75) is 6.92 Å². The number of amides is 1. The number of hydrogen-bond donors (Lipinski definition) is 2. The second-order valence-electron chi connectivity index (χ2n) is 4.83. The molecule has 0 spiro atoms. The van der Waals surface area contributed by atoms with Crippen molar-refractivity contribution in [2.24, 2.45) is 0 Å². The molecule has 0 aliphatic rings. The van der Waals surface area contributed by atoms with Crippen LogP contribution in [-0.2, 0) is 0 Å². The molecule has 0 unspecified atom stereocenters. The van der Waals surface area contributed by atoms with Crippen LogP contribution >= 0.6 is 34.8 Å². The van der Waals surface area contributed by atoms with Gasteiger partial charge in [0.15, 0.2) is 0 Å². The van der Waals surface area contributed by atoms with Crippen LogP contribution in [0.1, 0.15) is 15.9 Å². The maximum Gasteiger partial charge on any atom is 0.269 e. The van der Waals surface area contributed by atoms with Gasteiger partial charge in [-0.05, 0) is 31.2 Å². The Labute approximate surface area is 154 Å². The third kappa shape index (κ3) is 3.98. The molecule has 0 fully saturated rings. The molecule has 2 aromatic rings. The van der Waals surface area contributed by atoms with E-state index in [0.717, 1.165) is 5.56 Å². The molecule has 0 atom stereocenters. The summed E-state index contributed by atoms with van der Waals surface area (Å²) >= 11 is 18.0. The van der Waals surface area contributed by atoms with Gasteiger partial charge in [-0.15, -0.1) is 0 Å². The highest BCUT2D eigenvalue weighted by Crippen LogP contribution is 2.33. The highest BCUT2D eigenvalue weighted by molar-refractivity contribution is 6.41. The highest BCUT2D eigenvalue weighted by Gasteiger charge is 2.15. The van der Waals surface area contributed by atoms with E-state index in [1.807, 2.05) is 6.92 Å². The number of hydrazine groups is 1. The molecule has 0 radical (unpaired) electrons. The van der Waals surface area contributed by atoms with Crippen molar-refractivity contribution >= 4 is 46.4 Å². The summed E-state index contributed by atoms with van der Waals surface area (Å²) < 4.78 is 10.5. The topological polar surface area (TPSA) is 59.6 Å². The van der Waals surface area contributed by atoms with Gasteiger partial charge in [0.05, 0.1) is 30.0 Å². The Bertz CT molecular complexity index is 733. The second-order valence-corrected chi connectivity index (χ2v) is 6.08. The summed E-state index contributed by atoms with van der Waals surface area (Å²) in [5.74, 6) is 0.679. The zero-order valence-corrected chi connectivity index (χ0v) is 15.4. The van der Waals surface area contributed by atoms with Crippen LogP contribution in [0.3, 0.4) is 0 Å². The Kier molecular flexibility index (Phi) is 6.04. The number of halogens is 3. The molecule has 5 nitrogen and oxygen atoms in total. The third-order valence-corrected chi connectivity index (χ3v) is 4.14. The molecule has 2 rings (SSSR count). The van der Waals surface area contributed by atoms with Crippen LogP contribution < -0.4 is 20.3 Å². The van der Waals surface area contributed by atoms with E-state index < -0.39 is 5.91 Å². The van der Waals surface area contributed by atoms with Crippen LogP contribution in [0.2, 0.25) is 15.1 Å². The van der Waals surface area contributed by atoms with Crippen LogP contribution in [0.25, 0.3) is 0 Å². The maximum atomic E-state index is 12.4. The normalized spacial score (nSPS) is 10.2. The van der Waals surface area contributed by atoms with Crippen LogP contribution in [0, 0.1) is 6.92 Å². The minimum absolute atomic E-state index is 0.284. The Hall–Kier alpha value is -1.82. The van der Waals surface area contributed by atoms with Crippen molar-refractivity contribution in [2.75, 3.05) is 19.6 Å². The standard InChI is InChI=1S/C16H15Cl3N2O3/c1-8-13(23-2)4-9(5-14(8)24-3)16(22)21-20-15-11(18)6-10(17)7-12(15)19/h4-7,20H,1-3H3,(H,21,22). The van der Waals surface area contributed by atoms with E-state index in [0.29, 0.717) is 27.8 Å². The third-order valence-electron chi connectivity index (χ3n) is 3.32. The minimum atomic E-state index is -0.409.